The lowest BCUT2D eigenvalue weighted by Crippen LogP contribution is -2.21. The van der Waals surface area contributed by atoms with Crippen LogP contribution in [0.1, 0.15) is 16.7 Å². The van der Waals surface area contributed by atoms with Crippen LogP contribution in [0.3, 0.4) is 0 Å². The van der Waals surface area contributed by atoms with Gasteiger partial charge in [-0.25, -0.2) is 0 Å². The predicted octanol–water partition coefficient (Wildman–Crippen LogP) is 3.20. The van der Waals surface area contributed by atoms with E-state index in [0.717, 1.165) is 22.4 Å². The highest BCUT2D eigenvalue weighted by Gasteiger charge is 2.09. The van der Waals surface area contributed by atoms with E-state index >= 15 is 0 Å². The molecule has 0 saturated heterocycles. The zero-order valence-corrected chi connectivity index (χ0v) is 13.5. The number of hydrogen-bond donors (Lipinski definition) is 2. The van der Waals surface area contributed by atoms with E-state index in [1.807, 2.05) is 39.0 Å². The van der Waals surface area contributed by atoms with E-state index < -0.39 is 0 Å². The van der Waals surface area contributed by atoms with Gasteiger partial charge in [0.15, 0.2) is 6.61 Å². The standard InChI is InChI=1S/C18H20N2O3/c1-12-6-4-8-16(13(12)2)20-18(22)10-23-17-9-5-7-15(14(17)3)19-11-21/h4-9,11H,10H2,1-3H3,(H,19,21)(H,20,22). The third-order valence-corrected chi connectivity index (χ3v) is 3.74. The first kappa shape index (κ1) is 16.5. The van der Waals surface area contributed by atoms with Crippen molar-refractivity contribution in [2.75, 3.05) is 17.2 Å². The predicted molar refractivity (Wildman–Crippen MR) is 90.9 cm³/mol. The van der Waals surface area contributed by atoms with Gasteiger partial charge in [0.05, 0.1) is 0 Å². The van der Waals surface area contributed by atoms with E-state index in [0.29, 0.717) is 17.8 Å². The summed E-state index contributed by atoms with van der Waals surface area (Å²) < 4.78 is 5.56. The summed E-state index contributed by atoms with van der Waals surface area (Å²) in [5.41, 5.74) is 4.37. The molecule has 2 amide bonds. The van der Waals surface area contributed by atoms with E-state index in [1.165, 1.54) is 0 Å². The molecule has 0 saturated carbocycles. The molecule has 0 aromatic heterocycles. The number of anilines is 2. The Balaban J connectivity index is 2.01. The monoisotopic (exact) mass is 312 g/mol. The van der Waals surface area contributed by atoms with Gasteiger partial charge in [-0.05, 0) is 50.1 Å². The molecule has 0 heterocycles. The zero-order valence-electron chi connectivity index (χ0n) is 13.5. The molecule has 0 bridgehead atoms. The van der Waals surface area contributed by atoms with Gasteiger partial charge in [-0.1, -0.05) is 18.2 Å². The topological polar surface area (TPSA) is 67.4 Å². The average Bonchev–Trinajstić information content (AvgIpc) is 2.53. The number of hydrogen-bond acceptors (Lipinski definition) is 3. The van der Waals surface area contributed by atoms with Gasteiger partial charge < -0.3 is 15.4 Å². The van der Waals surface area contributed by atoms with Crippen LogP contribution in [0.2, 0.25) is 0 Å². The van der Waals surface area contributed by atoms with Crippen molar-refractivity contribution in [2.24, 2.45) is 0 Å². The zero-order chi connectivity index (χ0) is 16.8. The van der Waals surface area contributed by atoms with Crippen LogP contribution in [0.4, 0.5) is 11.4 Å². The van der Waals surface area contributed by atoms with Crippen LogP contribution < -0.4 is 15.4 Å². The number of aryl methyl sites for hydroxylation is 1. The Morgan fingerprint density at radius 1 is 1.04 bits per heavy atom. The number of nitrogens with one attached hydrogen (secondary N) is 2. The quantitative estimate of drug-likeness (QED) is 0.805. The fraction of sp³-hybridized carbons (Fsp3) is 0.222. The Labute approximate surface area is 135 Å². The summed E-state index contributed by atoms with van der Waals surface area (Å²) in [7, 11) is 0. The molecular weight excluding hydrogens is 292 g/mol. The molecule has 0 unspecified atom stereocenters. The van der Waals surface area contributed by atoms with E-state index in [2.05, 4.69) is 10.6 Å². The van der Waals surface area contributed by atoms with E-state index in [9.17, 15) is 9.59 Å². The van der Waals surface area contributed by atoms with Crippen LogP contribution in [-0.2, 0) is 9.59 Å². The molecular formula is C18H20N2O3. The van der Waals surface area contributed by atoms with Gasteiger partial charge in [-0.3, -0.25) is 9.59 Å². The first-order chi connectivity index (χ1) is 11.0. The molecule has 2 N–H and O–H groups in total. The highest BCUT2D eigenvalue weighted by Crippen LogP contribution is 2.25. The molecule has 0 atom stereocenters. The number of carbonyl (C=O) groups is 2. The lowest BCUT2D eigenvalue weighted by atomic mass is 10.1. The minimum absolute atomic E-state index is 0.0984. The normalized spacial score (nSPS) is 10.0. The van der Waals surface area contributed by atoms with E-state index in [1.54, 1.807) is 18.2 Å². The summed E-state index contributed by atoms with van der Waals surface area (Å²) in [6.07, 6.45) is 0.610. The van der Waals surface area contributed by atoms with Crippen molar-refractivity contribution < 1.29 is 14.3 Å². The Kier molecular flexibility index (Phi) is 5.36. The molecule has 0 fully saturated rings. The van der Waals surface area contributed by atoms with Crippen molar-refractivity contribution in [1.29, 1.82) is 0 Å². The molecule has 0 spiro atoms. The average molecular weight is 312 g/mol. The second-order valence-electron chi connectivity index (χ2n) is 5.28. The molecule has 2 aromatic rings. The van der Waals surface area contributed by atoms with Crippen LogP contribution in [-0.4, -0.2) is 18.9 Å². The number of benzene rings is 2. The third-order valence-electron chi connectivity index (χ3n) is 3.74. The summed E-state index contributed by atoms with van der Waals surface area (Å²) in [4.78, 5) is 22.6. The van der Waals surface area contributed by atoms with Gasteiger partial charge in [-0.2, -0.15) is 0 Å². The minimum Gasteiger partial charge on any atom is -0.483 e. The van der Waals surface area contributed by atoms with Gasteiger partial charge in [0.1, 0.15) is 5.75 Å². The molecule has 5 nitrogen and oxygen atoms in total. The Morgan fingerprint density at radius 3 is 2.48 bits per heavy atom. The van der Waals surface area contributed by atoms with Crippen LogP contribution in [0, 0.1) is 20.8 Å². The van der Waals surface area contributed by atoms with E-state index in [-0.39, 0.29) is 12.5 Å². The van der Waals surface area contributed by atoms with Crippen LogP contribution in [0.5, 0.6) is 5.75 Å². The highest BCUT2D eigenvalue weighted by atomic mass is 16.5. The van der Waals surface area contributed by atoms with Crippen molar-refractivity contribution in [1.82, 2.24) is 0 Å². The maximum Gasteiger partial charge on any atom is 0.262 e. The maximum atomic E-state index is 12.1. The molecule has 2 aromatic carbocycles. The second kappa shape index (κ2) is 7.45. The van der Waals surface area contributed by atoms with Gasteiger partial charge in [0.2, 0.25) is 6.41 Å². The molecule has 120 valence electrons. The Hall–Kier alpha value is -2.82. The van der Waals surface area contributed by atoms with Crippen molar-refractivity contribution in [3.8, 4) is 5.75 Å². The molecule has 23 heavy (non-hydrogen) atoms. The molecule has 5 heteroatoms. The smallest absolute Gasteiger partial charge is 0.262 e. The third kappa shape index (κ3) is 4.10. The molecule has 0 aliphatic rings. The molecule has 2 rings (SSSR count). The first-order valence-electron chi connectivity index (χ1n) is 7.31. The number of ether oxygens (including phenoxy) is 1. The molecule has 0 radical (unpaired) electrons. The lowest BCUT2D eigenvalue weighted by Gasteiger charge is -2.13. The summed E-state index contributed by atoms with van der Waals surface area (Å²) >= 11 is 0. The Morgan fingerprint density at radius 2 is 1.74 bits per heavy atom. The lowest BCUT2D eigenvalue weighted by molar-refractivity contribution is -0.118. The number of amides is 2. The van der Waals surface area contributed by atoms with Gasteiger partial charge in [0, 0.05) is 16.9 Å². The summed E-state index contributed by atoms with van der Waals surface area (Å²) in [5.74, 6) is 0.333. The summed E-state index contributed by atoms with van der Waals surface area (Å²) in [6.45, 7) is 5.68. The minimum atomic E-state index is -0.230. The van der Waals surface area contributed by atoms with Crippen LogP contribution >= 0.6 is 0 Å². The summed E-state index contributed by atoms with van der Waals surface area (Å²) in [5, 5.41) is 5.44. The van der Waals surface area contributed by atoms with Crippen molar-refractivity contribution in [2.45, 2.75) is 20.8 Å². The van der Waals surface area contributed by atoms with Crippen molar-refractivity contribution in [3.05, 3.63) is 53.1 Å². The van der Waals surface area contributed by atoms with Crippen LogP contribution in [0.15, 0.2) is 36.4 Å². The van der Waals surface area contributed by atoms with E-state index in [4.69, 9.17) is 4.74 Å². The summed E-state index contributed by atoms with van der Waals surface area (Å²) in [6, 6.07) is 11.0. The fourth-order valence-electron chi connectivity index (χ4n) is 2.21. The van der Waals surface area contributed by atoms with Crippen molar-refractivity contribution in [3.63, 3.8) is 0 Å². The molecule has 0 aliphatic carbocycles. The van der Waals surface area contributed by atoms with Crippen molar-refractivity contribution >= 4 is 23.7 Å². The number of carbonyl (C=O) groups excluding carboxylic acids is 2. The Bertz CT molecular complexity index is 726. The SMILES string of the molecule is Cc1cccc(NC(=O)COc2cccc(NC=O)c2C)c1C. The largest absolute Gasteiger partial charge is 0.483 e. The van der Waals surface area contributed by atoms with Gasteiger partial charge >= 0.3 is 0 Å². The maximum absolute atomic E-state index is 12.1. The molecule has 0 aliphatic heterocycles. The van der Waals surface area contributed by atoms with Gasteiger partial charge in [0.25, 0.3) is 5.91 Å². The fourth-order valence-corrected chi connectivity index (χ4v) is 2.21. The second-order valence-corrected chi connectivity index (χ2v) is 5.28. The first-order valence-corrected chi connectivity index (χ1v) is 7.31. The number of rotatable bonds is 6. The van der Waals surface area contributed by atoms with Crippen LogP contribution in [0.25, 0.3) is 0 Å². The highest BCUT2D eigenvalue weighted by molar-refractivity contribution is 5.92. The van der Waals surface area contributed by atoms with Gasteiger partial charge in [-0.15, -0.1) is 0 Å².